The monoisotopic (exact) mass is 490 g/mol. The van der Waals surface area contributed by atoms with Crippen LogP contribution in [0.2, 0.25) is 0 Å². The van der Waals surface area contributed by atoms with Gasteiger partial charge in [0.2, 0.25) is 15.9 Å². The van der Waals surface area contributed by atoms with Crippen LogP contribution in [0.1, 0.15) is 39.7 Å². The fraction of sp³-hybridized carbons (Fsp3) is 0.480. The first kappa shape index (κ1) is 25.7. The third-order valence-corrected chi connectivity index (χ3v) is 6.93. The van der Waals surface area contributed by atoms with Gasteiger partial charge in [-0.2, -0.15) is 0 Å². The Balaban J connectivity index is 1.84. The Morgan fingerprint density at radius 2 is 1.79 bits per heavy atom. The van der Waals surface area contributed by atoms with Crippen LogP contribution in [0.25, 0.3) is 0 Å². The minimum atomic E-state index is -3.72. The molecule has 0 saturated carbocycles. The second-order valence-electron chi connectivity index (χ2n) is 9.54. The summed E-state index contributed by atoms with van der Waals surface area (Å²) >= 11 is 0. The molecule has 0 bridgehead atoms. The highest BCUT2D eigenvalue weighted by atomic mass is 32.2. The highest BCUT2D eigenvalue weighted by molar-refractivity contribution is 7.91. The van der Waals surface area contributed by atoms with Crippen molar-refractivity contribution in [3.05, 3.63) is 42.0 Å². The van der Waals surface area contributed by atoms with E-state index in [-0.39, 0.29) is 18.3 Å². The van der Waals surface area contributed by atoms with Gasteiger partial charge in [-0.05, 0) is 56.0 Å². The van der Waals surface area contributed by atoms with Crippen molar-refractivity contribution in [1.29, 1.82) is 0 Å². The second-order valence-corrected chi connectivity index (χ2v) is 11.3. The highest BCUT2D eigenvalue weighted by Gasteiger charge is 2.37. The van der Waals surface area contributed by atoms with Crippen molar-refractivity contribution in [1.82, 2.24) is 0 Å². The number of methoxy groups -OCH3 is 2. The van der Waals surface area contributed by atoms with Gasteiger partial charge in [-0.25, -0.2) is 8.42 Å². The first-order chi connectivity index (χ1) is 16.0. The molecule has 0 unspecified atom stereocenters. The molecule has 9 heteroatoms. The van der Waals surface area contributed by atoms with E-state index in [9.17, 15) is 13.2 Å². The number of hydrogen-bond acceptors (Lipinski definition) is 6. The Bertz CT molecular complexity index is 1140. The second kappa shape index (κ2) is 10.1. The normalized spacial score (nSPS) is 15.4. The molecule has 0 spiro atoms. The topological polar surface area (TPSA) is 94.2 Å². The lowest BCUT2D eigenvalue weighted by Gasteiger charge is -2.28. The lowest BCUT2D eigenvalue weighted by Crippen LogP contribution is -2.42. The molecule has 0 fully saturated rings. The van der Waals surface area contributed by atoms with Gasteiger partial charge in [-0.3, -0.25) is 9.52 Å². The lowest BCUT2D eigenvalue weighted by atomic mass is 9.92. The molecule has 1 aliphatic heterocycles. The molecule has 186 valence electrons. The average molecular weight is 491 g/mol. The Morgan fingerprint density at radius 3 is 2.44 bits per heavy atom. The number of amides is 1. The maximum absolute atomic E-state index is 13.2. The summed E-state index contributed by atoms with van der Waals surface area (Å²) in [5, 5.41) is 0. The van der Waals surface area contributed by atoms with Crippen LogP contribution in [0.4, 0.5) is 11.4 Å². The number of ether oxygens (including phenoxy) is 3. The van der Waals surface area contributed by atoms with E-state index in [0.29, 0.717) is 46.6 Å². The van der Waals surface area contributed by atoms with Crippen LogP contribution in [0.3, 0.4) is 0 Å². The molecule has 8 nitrogen and oxygen atoms in total. The van der Waals surface area contributed by atoms with Crippen LogP contribution in [0.15, 0.2) is 36.4 Å². The Hall–Kier alpha value is -2.94. The van der Waals surface area contributed by atoms with Gasteiger partial charge < -0.3 is 19.1 Å². The molecule has 0 aromatic heterocycles. The minimum absolute atomic E-state index is 0.00585. The van der Waals surface area contributed by atoms with E-state index >= 15 is 0 Å². The van der Waals surface area contributed by atoms with Crippen molar-refractivity contribution in [2.45, 2.75) is 39.9 Å². The molecule has 0 saturated heterocycles. The molecule has 34 heavy (non-hydrogen) atoms. The predicted octanol–water partition coefficient (Wildman–Crippen LogP) is 4.44. The zero-order valence-corrected chi connectivity index (χ0v) is 21.5. The van der Waals surface area contributed by atoms with Crippen LogP contribution in [-0.2, 0) is 20.6 Å². The number of rotatable bonds is 9. The Kier molecular flexibility index (Phi) is 7.65. The van der Waals surface area contributed by atoms with Crippen LogP contribution in [0, 0.1) is 11.3 Å². The van der Waals surface area contributed by atoms with Crippen LogP contribution >= 0.6 is 0 Å². The summed E-state index contributed by atoms with van der Waals surface area (Å²) < 4.78 is 44.8. The van der Waals surface area contributed by atoms with Gasteiger partial charge >= 0.3 is 0 Å². The standard InChI is InChI=1S/C25H34N2O6S/c1-17(2)11-12-27-20-9-8-19(14-22(20)33-16-25(3,4)24(27)28)26-34(29,30)15-18-7-10-21(31-5)23(13-18)32-6/h7-10,13-14,17,26H,11-12,15-16H2,1-6H3. The number of benzene rings is 2. The van der Waals surface area contributed by atoms with Crippen LogP contribution < -0.4 is 23.8 Å². The third-order valence-electron chi connectivity index (χ3n) is 5.67. The molecule has 0 aliphatic carbocycles. The summed E-state index contributed by atoms with van der Waals surface area (Å²) in [7, 11) is -0.696. The fourth-order valence-corrected chi connectivity index (χ4v) is 4.90. The maximum Gasteiger partial charge on any atom is 0.236 e. The predicted molar refractivity (Wildman–Crippen MR) is 133 cm³/mol. The number of nitrogens with zero attached hydrogens (tertiary/aromatic N) is 1. The minimum Gasteiger partial charge on any atom is -0.493 e. The van der Waals surface area contributed by atoms with E-state index in [1.807, 2.05) is 13.8 Å². The molecule has 2 aromatic rings. The van der Waals surface area contributed by atoms with E-state index < -0.39 is 15.4 Å². The van der Waals surface area contributed by atoms with Crippen molar-refractivity contribution in [3.63, 3.8) is 0 Å². The summed E-state index contributed by atoms with van der Waals surface area (Å²) in [6.07, 6.45) is 0.848. The lowest BCUT2D eigenvalue weighted by molar-refractivity contribution is -0.127. The first-order valence-corrected chi connectivity index (χ1v) is 12.9. The van der Waals surface area contributed by atoms with E-state index in [4.69, 9.17) is 14.2 Å². The van der Waals surface area contributed by atoms with Crippen molar-refractivity contribution >= 4 is 27.3 Å². The maximum atomic E-state index is 13.2. The zero-order valence-electron chi connectivity index (χ0n) is 20.7. The molecule has 0 radical (unpaired) electrons. The third kappa shape index (κ3) is 5.94. The van der Waals surface area contributed by atoms with Crippen molar-refractivity contribution < 1.29 is 27.4 Å². The smallest absolute Gasteiger partial charge is 0.236 e. The van der Waals surface area contributed by atoms with Crippen molar-refractivity contribution in [2.75, 3.05) is 37.0 Å². The average Bonchev–Trinajstić information content (AvgIpc) is 2.86. The van der Waals surface area contributed by atoms with Crippen LogP contribution in [-0.4, -0.2) is 41.7 Å². The zero-order chi connectivity index (χ0) is 25.1. The molecule has 2 aromatic carbocycles. The van der Waals surface area contributed by atoms with Crippen molar-refractivity contribution in [2.24, 2.45) is 11.3 Å². The van der Waals surface area contributed by atoms with E-state index in [0.717, 1.165) is 6.42 Å². The number of hydrogen-bond donors (Lipinski definition) is 1. The molecule has 3 rings (SSSR count). The summed E-state index contributed by atoms with van der Waals surface area (Å²) in [4.78, 5) is 14.9. The molecular weight excluding hydrogens is 456 g/mol. The Morgan fingerprint density at radius 1 is 1.09 bits per heavy atom. The van der Waals surface area contributed by atoms with E-state index in [1.165, 1.54) is 14.2 Å². The highest BCUT2D eigenvalue weighted by Crippen LogP contribution is 2.39. The van der Waals surface area contributed by atoms with Gasteiger partial charge in [-0.1, -0.05) is 19.9 Å². The summed E-state index contributed by atoms with van der Waals surface area (Å²) in [6.45, 7) is 8.72. The van der Waals surface area contributed by atoms with Gasteiger partial charge in [0.25, 0.3) is 0 Å². The summed E-state index contributed by atoms with van der Waals surface area (Å²) in [6, 6.07) is 10.0. The molecule has 1 aliphatic rings. The Labute approximate surface area is 202 Å². The molecule has 1 N–H and O–H groups in total. The summed E-state index contributed by atoms with van der Waals surface area (Å²) in [5.74, 6) is 1.66. The quantitative estimate of drug-likeness (QED) is 0.558. The van der Waals surface area contributed by atoms with Gasteiger partial charge in [0.05, 0.1) is 36.8 Å². The number of nitrogens with one attached hydrogen (secondary N) is 1. The number of carbonyl (C=O) groups is 1. The van der Waals surface area contributed by atoms with E-state index in [1.54, 1.807) is 41.3 Å². The van der Waals surface area contributed by atoms with Gasteiger partial charge in [-0.15, -0.1) is 0 Å². The van der Waals surface area contributed by atoms with Gasteiger partial charge in [0, 0.05) is 12.6 Å². The first-order valence-electron chi connectivity index (χ1n) is 11.3. The number of anilines is 2. The SMILES string of the molecule is COc1ccc(CS(=O)(=O)Nc2ccc3c(c2)OCC(C)(C)C(=O)N3CCC(C)C)cc1OC. The molecular formula is C25H34N2O6S. The van der Waals surface area contributed by atoms with Gasteiger partial charge in [0.15, 0.2) is 11.5 Å². The largest absolute Gasteiger partial charge is 0.493 e. The molecule has 1 heterocycles. The molecule has 0 atom stereocenters. The number of sulfonamides is 1. The fourth-order valence-electron chi connectivity index (χ4n) is 3.73. The molecule has 1 amide bonds. The summed E-state index contributed by atoms with van der Waals surface area (Å²) in [5.41, 5.74) is 0.890. The number of fused-ring (bicyclic) bond motifs is 1. The van der Waals surface area contributed by atoms with Crippen LogP contribution in [0.5, 0.6) is 17.2 Å². The van der Waals surface area contributed by atoms with Crippen molar-refractivity contribution in [3.8, 4) is 17.2 Å². The number of carbonyl (C=O) groups excluding carboxylic acids is 1. The van der Waals surface area contributed by atoms with Gasteiger partial charge in [0.1, 0.15) is 12.4 Å². The van der Waals surface area contributed by atoms with E-state index in [2.05, 4.69) is 18.6 Å².